The highest BCUT2D eigenvalue weighted by molar-refractivity contribution is 6.36. The Labute approximate surface area is 63.5 Å². The van der Waals surface area contributed by atoms with Crippen molar-refractivity contribution >= 4 is 15.8 Å². The van der Waals surface area contributed by atoms with Crippen LogP contribution in [0, 0.1) is 0 Å². The van der Waals surface area contributed by atoms with Crippen LogP contribution in [0.15, 0.2) is 0 Å². The molecule has 0 heterocycles. The lowest BCUT2D eigenvalue weighted by Gasteiger charge is -2.10. The summed E-state index contributed by atoms with van der Waals surface area (Å²) in [6.45, 7) is 0. The zero-order chi connectivity index (χ0) is 7.82. The summed E-state index contributed by atoms with van der Waals surface area (Å²) < 4.78 is 9.94. The van der Waals surface area contributed by atoms with Gasteiger partial charge in [-0.05, 0) is 0 Å². The Bertz CT molecular complexity index is 83.1. The lowest BCUT2D eigenvalue weighted by atomic mass is 10.6. The van der Waals surface area contributed by atoms with Gasteiger partial charge in [-0.25, -0.2) is 0 Å². The van der Waals surface area contributed by atoms with Gasteiger partial charge >= 0.3 is 0 Å². The number of hydrogen-bond acceptors (Lipinski definition) is 3. The van der Waals surface area contributed by atoms with Crippen molar-refractivity contribution < 1.29 is 14.3 Å². The van der Waals surface area contributed by atoms with Crippen LogP contribution >= 0.6 is 0 Å². The molecule has 0 atom stereocenters. The van der Waals surface area contributed by atoms with Crippen molar-refractivity contribution in [1.82, 2.24) is 0 Å². The first-order chi connectivity index (χ1) is 4.85. The molecule has 60 valence electrons. The molecule has 10 heavy (non-hydrogen) atoms. The molecule has 0 bridgehead atoms. The summed E-state index contributed by atoms with van der Waals surface area (Å²) in [5.74, 6) is -0.0139. The lowest BCUT2D eigenvalue weighted by Crippen LogP contribution is -2.20. The van der Waals surface area contributed by atoms with Crippen LogP contribution < -0.4 is 0 Å². The van der Waals surface area contributed by atoms with Crippen LogP contribution in [-0.4, -0.2) is 35.9 Å². The van der Waals surface area contributed by atoms with Crippen LogP contribution in [0.25, 0.3) is 0 Å². The summed E-state index contributed by atoms with van der Waals surface area (Å²) in [6.07, 6.45) is 1.59. The number of methoxy groups -OCH3 is 2. The Balaban J connectivity index is 3.16. The van der Waals surface area contributed by atoms with Gasteiger partial charge in [0.15, 0.2) is 0 Å². The second kappa shape index (κ2) is 6.92. The Morgan fingerprint density at radius 1 is 1.50 bits per heavy atom. The molecule has 0 rings (SSSR count). The topological polar surface area (TPSA) is 35.5 Å². The molecule has 0 amide bonds. The standard InChI is InChI=1S/C6H14O3Si/c1-8-6(9-2)10-5-3-4-7/h4,6H,3,5,10H2,1-2H3. The van der Waals surface area contributed by atoms with E-state index in [9.17, 15) is 4.79 Å². The van der Waals surface area contributed by atoms with Gasteiger partial charge < -0.3 is 14.3 Å². The highest BCUT2D eigenvalue weighted by Crippen LogP contribution is 1.93. The zero-order valence-electron chi connectivity index (χ0n) is 6.50. The average Bonchev–Trinajstić information content (AvgIpc) is 1.99. The number of hydrogen-bond donors (Lipinski definition) is 0. The first kappa shape index (κ1) is 9.81. The highest BCUT2D eigenvalue weighted by Gasteiger charge is 2.03. The van der Waals surface area contributed by atoms with Crippen molar-refractivity contribution in [3.05, 3.63) is 0 Å². The van der Waals surface area contributed by atoms with Crippen molar-refractivity contribution in [1.29, 1.82) is 0 Å². The summed E-state index contributed by atoms with van der Waals surface area (Å²) in [5, 5.41) is 0. The minimum Gasteiger partial charge on any atom is -0.360 e. The molecule has 0 fully saturated rings. The van der Waals surface area contributed by atoms with Gasteiger partial charge in [0, 0.05) is 20.6 Å². The van der Waals surface area contributed by atoms with E-state index in [1.54, 1.807) is 14.2 Å². The van der Waals surface area contributed by atoms with E-state index in [1.165, 1.54) is 0 Å². The van der Waals surface area contributed by atoms with Gasteiger partial charge in [-0.1, -0.05) is 6.04 Å². The van der Waals surface area contributed by atoms with Gasteiger partial charge in [-0.3, -0.25) is 0 Å². The number of carbonyl (C=O) groups excluding carboxylic acids is 1. The maximum Gasteiger partial charge on any atom is 0.134 e. The molecule has 0 spiro atoms. The third-order valence-electron chi connectivity index (χ3n) is 1.29. The molecule has 3 nitrogen and oxygen atoms in total. The summed E-state index contributed by atoms with van der Waals surface area (Å²) in [6, 6.07) is 0.968. The summed E-state index contributed by atoms with van der Waals surface area (Å²) in [7, 11) is 2.89. The second-order valence-electron chi connectivity index (χ2n) is 2.00. The Morgan fingerprint density at radius 3 is 2.50 bits per heavy atom. The molecular weight excluding hydrogens is 148 g/mol. The predicted octanol–water partition coefficient (Wildman–Crippen LogP) is -0.261. The summed E-state index contributed by atoms with van der Waals surface area (Å²) in [4.78, 5) is 9.90. The van der Waals surface area contributed by atoms with Crippen molar-refractivity contribution in [2.24, 2.45) is 0 Å². The molecule has 0 N–H and O–H groups in total. The molecule has 0 aromatic rings. The van der Waals surface area contributed by atoms with Gasteiger partial charge in [0.05, 0.1) is 9.52 Å². The molecule has 0 aromatic carbocycles. The van der Waals surface area contributed by atoms with E-state index in [1.807, 2.05) is 0 Å². The number of carbonyl (C=O) groups is 1. The van der Waals surface area contributed by atoms with E-state index >= 15 is 0 Å². The highest BCUT2D eigenvalue weighted by atomic mass is 28.2. The van der Waals surface area contributed by atoms with Crippen molar-refractivity contribution in [2.75, 3.05) is 14.2 Å². The van der Waals surface area contributed by atoms with Crippen LogP contribution in [0.1, 0.15) is 6.42 Å². The third-order valence-corrected chi connectivity index (χ3v) is 3.24. The van der Waals surface area contributed by atoms with E-state index in [2.05, 4.69) is 0 Å². The molecule has 0 aromatic heterocycles. The molecule has 0 aliphatic heterocycles. The fraction of sp³-hybridized carbons (Fsp3) is 0.833. The van der Waals surface area contributed by atoms with Gasteiger partial charge in [0.1, 0.15) is 12.2 Å². The Morgan fingerprint density at radius 2 is 2.10 bits per heavy atom. The number of ether oxygens (including phenoxy) is 2. The molecule has 0 saturated carbocycles. The molecule has 0 aliphatic carbocycles. The average molecular weight is 162 g/mol. The van der Waals surface area contributed by atoms with Crippen LogP contribution in [0.2, 0.25) is 6.04 Å². The monoisotopic (exact) mass is 162 g/mol. The largest absolute Gasteiger partial charge is 0.360 e. The predicted molar refractivity (Wildman–Crippen MR) is 41.8 cm³/mol. The maximum atomic E-state index is 9.90. The van der Waals surface area contributed by atoms with Crippen molar-refractivity contribution in [3.63, 3.8) is 0 Å². The van der Waals surface area contributed by atoms with E-state index in [-0.39, 0.29) is 15.4 Å². The molecule has 4 heteroatoms. The quantitative estimate of drug-likeness (QED) is 0.234. The van der Waals surface area contributed by atoms with E-state index < -0.39 is 0 Å². The first-order valence-electron chi connectivity index (χ1n) is 3.34. The Kier molecular flexibility index (Phi) is 6.79. The van der Waals surface area contributed by atoms with Crippen LogP contribution in [0.5, 0.6) is 0 Å². The lowest BCUT2D eigenvalue weighted by molar-refractivity contribution is -0.107. The van der Waals surface area contributed by atoms with Gasteiger partial charge in [0.25, 0.3) is 0 Å². The normalized spacial score (nSPS) is 11.5. The Hall–Kier alpha value is -0.193. The summed E-state index contributed by atoms with van der Waals surface area (Å²) >= 11 is 0. The first-order valence-corrected chi connectivity index (χ1v) is 5.16. The smallest absolute Gasteiger partial charge is 0.134 e. The minimum atomic E-state index is -0.361. The molecular formula is C6H14O3Si. The van der Waals surface area contributed by atoms with Gasteiger partial charge in [-0.15, -0.1) is 0 Å². The fourth-order valence-corrected chi connectivity index (χ4v) is 1.91. The fourth-order valence-electron chi connectivity index (χ4n) is 0.700. The van der Waals surface area contributed by atoms with Crippen molar-refractivity contribution in [2.45, 2.75) is 18.4 Å². The zero-order valence-corrected chi connectivity index (χ0v) is 7.91. The minimum absolute atomic E-state index is 0.0139. The van der Waals surface area contributed by atoms with Gasteiger partial charge in [-0.2, -0.15) is 0 Å². The third kappa shape index (κ3) is 4.66. The molecule has 0 unspecified atom stereocenters. The van der Waals surface area contributed by atoms with Crippen LogP contribution in [0.3, 0.4) is 0 Å². The van der Waals surface area contributed by atoms with E-state index in [0.29, 0.717) is 6.42 Å². The van der Waals surface area contributed by atoms with E-state index in [4.69, 9.17) is 9.47 Å². The second-order valence-corrected chi connectivity index (χ2v) is 3.95. The maximum absolute atomic E-state index is 9.90. The van der Waals surface area contributed by atoms with Crippen molar-refractivity contribution in [3.8, 4) is 0 Å². The number of aldehydes is 1. The number of rotatable bonds is 6. The summed E-state index contributed by atoms with van der Waals surface area (Å²) in [5.41, 5.74) is 0. The van der Waals surface area contributed by atoms with E-state index in [0.717, 1.165) is 12.3 Å². The SMILES string of the molecule is COC(OC)[SiH2]CCC=O. The van der Waals surface area contributed by atoms with Crippen LogP contribution in [0.4, 0.5) is 0 Å². The van der Waals surface area contributed by atoms with Crippen LogP contribution in [-0.2, 0) is 14.3 Å². The molecule has 0 radical (unpaired) electrons. The molecule has 0 aliphatic rings. The van der Waals surface area contributed by atoms with Gasteiger partial charge in [0.2, 0.25) is 0 Å². The molecule has 0 saturated heterocycles.